The van der Waals surface area contributed by atoms with Gasteiger partial charge in [-0.2, -0.15) is 0 Å². The summed E-state index contributed by atoms with van der Waals surface area (Å²) in [7, 11) is 1.62. The van der Waals surface area contributed by atoms with Gasteiger partial charge in [0.25, 0.3) is 5.91 Å². The Balaban J connectivity index is 2.01. The third-order valence-electron chi connectivity index (χ3n) is 4.13. The Kier molecular flexibility index (Phi) is 5.41. The average Bonchev–Trinajstić information content (AvgIpc) is 2.78. The molecule has 1 unspecified atom stereocenters. The molecule has 2 aromatic rings. The van der Waals surface area contributed by atoms with Crippen LogP contribution in [0.1, 0.15) is 23.7 Å². The minimum Gasteiger partial charge on any atom is -0.496 e. The number of hydrogen-bond acceptors (Lipinski definition) is 4. The third kappa shape index (κ3) is 3.42. The lowest BCUT2D eigenvalue weighted by Crippen LogP contribution is -2.32. The van der Waals surface area contributed by atoms with E-state index in [1.807, 2.05) is 59.3 Å². The molecular formula is C19H21NO2S2. The summed E-state index contributed by atoms with van der Waals surface area (Å²) in [5.74, 6) is 0.635. The first-order valence-electron chi connectivity index (χ1n) is 7.93. The Labute approximate surface area is 151 Å². The Bertz CT molecular complexity index is 748. The number of para-hydroxylation sites is 1. The highest BCUT2D eigenvalue weighted by molar-refractivity contribution is 8.00. The van der Waals surface area contributed by atoms with Crippen molar-refractivity contribution in [3.05, 3.63) is 48.0 Å². The zero-order valence-electron chi connectivity index (χ0n) is 14.1. The van der Waals surface area contributed by atoms with Crippen LogP contribution < -0.4 is 9.64 Å². The molecule has 24 heavy (non-hydrogen) atoms. The number of ether oxygens (including phenoxy) is 1. The highest BCUT2D eigenvalue weighted by Gasteiger charge is 2.26. The number of carbonyl (C=O) groups excluding carboxylic acids is 1. The van der Waals surface area contributed by atoms with Crippen LogP contribution in [0.2, 0.25) is 0 Å². The maximum absolute atomic E-state index is 13.2. The number of nitrogens with zero attached hydrogens (tertiary/aromatic N) is 1. The highest BCUT2D eigenvalue weighted by Crippen LogP contribution is 2.38. The number of carbonyl (C=O) groups is 1. The minimum absolute atomic E-state index is 0.00153. The molecule has 0 aliphatic carbocycles. The fourth-order valence-corrected chi connectivity index (χ4v) is 4.36. The highest BCUT2D eigenvalue weighted by atomic mass is 32.2. The van der Waals surface area contributed by atoms with Crippen LogP contribution in [0.4, 0.5) is 5.69 Å². The van der Waals surface area contributed by atoms with Gasteiger partial charge >= 0.3 is 0 Å². The van der Waals surface area contributed by atoms with Crippen LogP contribution in [0.5, 0.6) is 5.75 Å². The zero-order chi connectivity index (χ0) is 17.1. The molecule has 0 saturated carbocycles. The predicted molar refractivity (Wildman–Crippen MR) is 103 cm³/mol. The maximum Gasteiger partial charge on any atom is 0.262 e. The second-order valence-electron chi connectivity index (χ2n) is 5.71. The van der Waals surface area contributed by atoms with Gasteiger partial charge in [-0.1, -0.05) is 19.1 Å². The molecule has 0 bridgehead atoms. The van der Waals surface area contributed by atoms with E-state index >= 15 is 0 Å². The molecule has 3 nitrogen and oxygen atoms in total. The van der Waals surface area contributed by atoms with E-state index in [2.05, 4.69) is 13.0 Å². The van der Waals surface area contributed by atoms with Gasteiger partial charge in [0, 0.05) is 21.6 Å². The van der Waals surface area contributed by atoms with Crippen molar-refractivity contribution in [1.82, 2.24) is 0 Å². The molecule has 5 heteroatoms. The lowest BCUT2D eigenvalue weighted by molar-refractivity contribution is 0.0983. The molecule has 0 fully saturated rings. The summed E-state index contributed by atoms with van der Waals surface area (Å²) in [6, 6.07) is 13.9. The Morgan fingerprint density at radius 3 is 2.83 bits per heavy atom. The van der Waals surface area contributed by atoms with Gasteiger partial charge in [0.2, 0.25) is 0 Å². The molecule has 1 heterocycles. The number of anilines is 1. The number of hydrogen-bond donors (Lipinski definition) is 0. The number of methoxy groups -OCH3 is 1. The van der Waals surface area contributed by atoms with Gasteiger partial charge < -0.3 is 9.64 Å². The summed E-state index contributed by atoms with van der Waals surface area (Å²) in [6.07, 6.45) is 2.98. The monoisotopic (exact) mass is 359 g/mol. The summed E-state index contributed by atoms with van der Waals surface area (Å²) in [5, 5.41) is 0.490. The second kappa shape index (κ2) is 7.53. The fourth-order valence-electron chi connectivity index (χ4n) is 2.82. The molecule has 0 radical (unpaired) electrons. The van der Waals surface area contributed by atoms with Crippen molar-refractivity contribution in [3.8, 4) is 5.75 Å². The number of rotatable bonds is 3. The Morgan fingerprint density at radius 2 is 2.08 bits per heavy atom. The van der Waals surface area contributed by atoms with E-state index in [-0.39, 0.29) is 5.91 Å². The SMILES string of the molecule is COc1cc(SC)ccc1C(=O)N1CCC(C)Sc2ccccc21. The number of fused-ring (bicyclic) bond motifs is 1. The summed E-state index contributed by atoms with van der Waals surface area (Å²) in [4.78, 5) is 17.4. The van der Waals surface area contributed by atoms with E-state index in [4.69, 9.17) is 4.74 Å². The van der Waals surface area contributed by atoms with E-state index in [1.165, 1.54) is 0 Å². The first-order valence-corrected chi connectivity index (χ1v) is 10.0. The number of amides is 1. The first kappa shape index (κ1) is 17.2. The van der Waals surface area contributed by atoms with Crippen LogP contribution >= 0.6 is 23.5 Å². The van der Waals surface area contributed by atoms with Gasteiger partial charge in [-0.15, -0.1) is 23.5 Å². The van der Waals surface area contributed by atoms with Gasteiger partial charge in [-0.05, 0) is 43.0 Å². The van der Waals surface area contributed by atoms with E-state index in [1.54, 1.807) is 18.9 Å². The van der Waals surface area contributed by atoms with Crippen LogP contribution in [0.25, 0.3) is 0 Å². The molecule has 0 N–H and O–H groups in total. The van der Waals surface area contributed by atoms with Gasteiger partial charge in [0.1, 0.15) is 5.75 Å². The molecule has 3 rings (SSSR count). The molecule has 1 atom stereocenters. The van der Waals surface area contributed by atoms with E-state index < -0.39 is 0 Å². The predicted octanol–water partition coefficient (Wildman–Crippen LogP) is 4.95. The second-order valence-corrected chi connectivity index (χ2v) is 8.07. The average molecular weight is 360 g/mol. The first-order chi connectivity index (χ1) is 11.6. The molecule has 0 aromatic heterocycles. The van der Waals surface area contributed by atoms with Crippen molar-refractivity contribution >= 4 is 35.1 Å². The molecule has 1 aliphatic rings. The van der Waals surface area contributed by atoms with Gasteiger partial charge in [-0.3, -0.25) is 4.79 Å². The quantitative estimate of drug-likeness (QED) is 0.725. The summed E-state index contributed by atoms with van der Waals surface area (Å²) in [5.41, 5.74) is 1.61. The smallest absolute Gasteiger partial charge is 0.262 e. The minimum atomic E-state index is 0.00153. The maximum atomic E-state index is 13.2. The molecule has 1 amide bonds. The molecule has 0 spiro atoms. The molecule has 0 saturated heterocycles. The van der Waals surface area contributed by atoms with Crippen LogP contribution in [0.15, 0.2) is 52.3 Å². The van der Waals surface area contributed by atoms with E-state index in [0.29, 0.717) is 16.6 Å². The summed E-state index contributed by atoms with van der Waals surface area (Å²) < 4.78 is 5.47. The van der Waals surface area contributed by atoms with E-state index in [9.17, 15) is 4.79 Å². The molecule has 126 valence electrons. The van der Waals surface area contributed by atoms with Crippen LogP contribution in [0.3, 0.4) is 0 Å². The van der Waals surface area contributed by atoms with Crippen molar-refractivity contribution in [3.63, 3.8) is 0 Å². The largest absolute Gasteiger partial charge is 0.496 e. The van der Waals surface area contributed by atoms with Crippen molar-refractivity contribution in [1.29, 1.82) is 0 Å². The number of thioether (sulfide) groups is 2. The van der Waals surface area contributed by atoms with Crippen molar-refractivity contribution in [2.24, 2.45) is 0 Å². The topological polar surface area (TPSA) is 29.5 Å². The summed E-state index contributed by atoms with van der Waals surface area (Å²) in [6.45, 7) is 2.93. The summed E-state index contributed by atoms with van der Waals surface area (Å²) >= 11 is 3.47. The zero-order valence-corrected chi connectivity index (χ0v) is 15.7. The van der Waals surface area contributed by atoms with Gasteiger partial charge in [-0.25, -0.2) is 0 Å². The standard InChI is InChI=1S/C19H21NO2S2/c1-13-10-11-20(16-6-4-5-7-18(16)24-13)19(21)15-9-8-14(23-3)12-17(15)22-2/h4-9,12-13H,10-11H2,1-3H3. The Hall–Kier alpha value is -1.59. The van der Waals surface area contributed by atoms with Gasteiger partial charge in [0.05, 0.1) is 18.4 Å². The lowest BCUT2D eigenvalue weighted by atomic mass is 10.1. The fraction of sp³-hybridized carbons (Fsp3) is 0.316. The molecular weight excluding hydrogens is 338 g/mol. The van der Waals surface area contributed by atoms with Crippen molar-refractivity contribution < 1.29 is 9.53 Å². The number of benzene rings is 2. The Morgan fingerprint density at radius 1 is 1.29 bits per heavy atom. The van der Waals surface area contributed by atoms with E-state index in [0.717, 1.165) is 28.4 Å². The van der Waals surface area contributed by atoms with Crippen LogP contribution in [-0.2, 0) is 0 Å². The van der Waals surface area contributed by atoms with Crippen molar-refractivity contribution in [2.75, 3.05) is 24.8 Å². The molecule has 2 aromatic carbocycles. The lowest BCUT2D eigenvalue weighted by Gasteiger charge is -2.23. The normalized spacial score (nSPS) is 17.1. The third-order valence-corrected chi connectivity index (χ3v) is 6.09. The van der Waals surface area contributed by atoms with Crippen LogP contribution in [-0.4, -0.2) is 31.1 Å². The van der Waals surface area contributed by atoms with Crippen molar-refractivity contribution in [2.45, 2.75) is 28.4 Å². The molecule has 1 aliphatic heterocycles. The van der Waals surface area contributed by atoms with Gasteiger partial charge in [0.15, 0.2) is 0 Å². The van der Waals surface area contributed by atoms with Crippen LogP contribution in [0, 0.1) is 0 Å².